The quantitative estimate of drug-likeness (QED) is 0.390. The summed E-state index contributed by atoms with van der Waals surface area (Å²) in [5.74, 6) is -3.80. The summed E-state index contributed by atoms with van der Waals surface area (Å²) < 4.78 is 72.7. The van der Waals surface area contributed by atoms with E-state index in [9.17, 15) is 13.2 Å². The van der Waals surface area contributed by atoms with Crippen molar-refractivity contribution < 1.29 is 21.6 Å². The molecule has 2 fully saturated rings. The summed E-state index contributed by atoms with van der Waals surface area (Å²) in [4.78, 5) is 26.9. The highest BCUT2D eigenvalue weighted by Crippen LogP contribution is 2.39. The minimum absolute atomic E-state index is 0.0462. The molecule has 244 valence electrons. The first-order chi connectivity index (χ1) is 21.5. The zero-order valence-electron chi connectivity index (χ0n) is 25.7. The molecule has 0 radical (unpaired) electrons. The van der Waals surface area contributed by atoms with Crippen LogP contribution in [0.1, 0.15) is 69.0 Å². The monoisotopic (exact) mass is 646 g/mol. The van der Waals surface area contributed by atoms with Crippen molar-refractivity contribution in [3.8, 4) is 0 Å². The fraction of sp³-hybridized carbons (Fsp3) is 0.594. The van der Waals surface area contributed by atoms with Crippen molar-refractivity contribution in [2.24, 2.45) is 5.92 Å². The van der Waals surface area contributed by atoms with Gasteiger partial charge in [0.1, 0.15) is 29.3 Å². The van der Waals surface area contributed by atoms with Gasteiger partial charge in [-0.05, 0) is 70.6 Å². The summed E-state index contributed by atoms with van der Waals surface area (Å²) in [5.41, 5.74) is 0.0124. The Labute approximate surface area is 261 Å². The lowest BCUT2D eigenvalue weighted by molar-refractivity contribution is -0.0249. The van der Waals surface area contributed by atoms with Gasteiger partial charge in [0, 0.05) is 31.6 Å². The van der Waals surface area contributed by atoms with E-state index in [0.29, 0.717) is 35.5 Å². The number of sulfone groups is 1. The van der Waals surface area contributed by atoms with Gasteiger partial charge in [-0.3, -0.25) is 9.36 Å². The van der Waals surface area contributed by atoms with Crippen molar-refractivity contribution >= 4 is 32.4 Å². The van der Waals surface area contributed by atoms with Crippen molar-refractivity contribution in [3.63, 3.8) is 0 Å². The molecule has 0 spiro atoms. The number of nitrogens with zero attached hydrogens (tertiary/aromatic N) is 5. The average Bonchev–Trinajstić information content (AvgIpc) is 3.01. The molecule has 4 aliphatic heterocycles. The van der Waals surface area contributed by atoms with Crippen LogP contribution in [0.5, 0.6) is 0 Å². The van der Waals surface area contributed by atoms with Crippen molar-refractivity contribution in [1.82, 2.24) is 19.4 Å². The number of nitrogens with one attached hydrogen (secondary N) is 1. The number of halogens is 3. The molecule has 7 rings (SSSR count). The van der Waals surface area contributed by atoms with E-state index >= 15 is 13.2 Å². The molecule has 6 heterocycles. The van der Waals surface area contributed by atoms with E-state index in [-0.39, 0.29) is 41.6 Å². The van der Waals surface area contributed by atoms with Crippen LogP contribution < -0.4 is 15.8 Å². The standard InChI is InChI=1S/C32H41F3N6O3S/c1-22-24-6-5-7-26(28(24)33)32(34,35)11-8-23-9-14-39(15-10-23)12-3-2-4-13-41-30-25(29(38-22)36-21-37-30)20-27(31(41)42)40-16-18-45(43,44)19-17-40/h5-7,20-23H,2-4,8-19H2,1H3,(H,36,37,38)/t22-/m1/s1. The molecule has 45 heavy (non-hydrogen) atoms. The summed E-state index contributed by atoms with van der Waals surface area (Å²) in [6.45, 7) is 5.13. The second-order valence-electron chi connectivity index (χ2n) is 12.7. The van der Waals surface area contributed by atoms with Gasteiger partial charge in [0.15, 0.2) is 9.84 Å². The van der Waals surface area contributed by atoms with Crippen molar-refractivity contribution in [3.05, 3.63) is 57.9 Å². The summed E-state index contributed by atoms with van der Waals surface area (Å²) in [7, 11) is -3.17. The number of aryl methyl sites for hydroxylation is 1. The Hall–Kier alpha value is -3.19. The molecule has 0 aliphatic carbocycles. The molecule has 2 saturated heterocycles. The third-order valence-corrected chi connectivity index (χ3v) is 11.3. The minimum atomic E-state index is -3.30. The number of benzene rings is 1. The number of pyridine rings is 1. The summed E-state index contributed by atoms with van der Waals surface area (Å²) in [6.07, 6.45) is 5.60. The highest BCUT2D eigenvalue weighted by molar-refractivity contribution is 7.91. The number of anilines is 2. The van der Waals surface area contributed by atoms with Gasteiger partial charge in [-0.15, -0.1) is 0 Å². The molecule has 1 aromatic carbocycles. The van der Waals surface area contributed by atoms with Crippen LogP contribution >= 0.6 is 0 Å². The third-order valence-electron chi connectivity index (χ3n) is 9.72. The molecular weight excluding hydrogens is 605 g/mol. The van der Waals surface area contributed by atoms with Crippen LogP contribution in [-0.4, -0.2) is 72.1 Å². The van der Waals surface area contributed by atoms with Crippen LogP contribution in [-0.2, 0) is 22.3 Å². The Bertz CT molecular complexity index is 1690. The van der Waals surface area contributed by atoms with Gasteiger partial charge < -0.3 is 15.1 Å². The Balaban J connectivity index is 1.41. The van der Waals surface area contributed by atoms with E-state index in [2.05, 4.69) is 20.2 Å². The third kappa shape index (κ3) is 6.84. The van der Waals surface area contributed by atoms with E-state index in [1.165, 1.54) is 24.5 Å². The lowest BCUT2D eigenvalue weighted by Gasteiger charge is -2.32. The molecule has 3 aromatic rings. The van der Waals surface area contributed by atoms with E-state index in [1.807, 2.05) is 0 Å². The molecule has 4 aliphatic rings. The first-order valence-corrected chi connectivity index (χ1v) is 17.8. The first-order valence-electron chi connectivity index (χ1n) is 16.0. The first kappa shape index (κ1) is 31.8. The molecule has 13 heteroatoms. The molecule has 0 unspecified atom stereocenters. The van der Waals surface area contributed by atoms with E-state index in [0.717, 1.165) is 51.7 Å². The number of piperidine rings is 1. The predicted molar refractivity (Wildman–Crippen MR) is 169 cm³/mol. The lowest BCUT2D eigenvalue weighted by Crippen LogP contribution is -2.43. The second kappa shape index (κ2) is 12.9. The molecule has 0 amide bonds. The molecule has 2 aromatic heterocycles. The Morgan fingerprint density at radius 1 is 0.956 bits per heavy atom. The van der Waals surface area contributed by atoms with E-state index in [4.69, 9.17) is 0 Å². The van der Waals surface area contributed by atoms with Gasteiger partial charge in [0.05, 0.1) is 28.5 Å². The van der Waals surface area contributed by atoms with Crippen LogP contribution in [0.25, 0.3) is 11.0 Å². The van der Waals surface area contributed by atoms with Crippen LogP contribution in [0.3, 0.4) is 0 Å². The van der Waals surface area contributed by atoms with Gasteiger partial charge in [0.25, 0.3) is 11.5 Å². The zero-order chi connectivity index (χ0) is 31.8. The summed E-state index contributed by atoms with van der Waals surface area (Å²) in [5, 5.41) is 3.71. The van der Waals surface area contributed by atoms with Gasteiger partial charge in [0.2, 0.25) is 0 Å². The summed E-state index contributed by atoms with van der Waals surface area (Å²) in [6, 6.07) is 5.07. The number of hydrogen-bond acceptors (Lipinski definition) is 8. The van der Waals surface area contributed by atoms with Gasteiger partial charge in [-0.25, -0.2) is 31.6 Å². The maximum absolute atomic E-state index is 15.8. The van der Waals surface area contributed by atoms with Crippen molar-refractivity contribution in [2.45, 2.75) is 70.4 Å². The molecule has 1 atom stereocenters. The number of hydrogen-bond donors (Lipinski definition) is 1. The fourth-order valence-corrected chi connectivity index (χ4v) is 8.12. The van der Waals surface area contributed by atoms with Gasteiger partial charge in [-0.1, -0.05) is 24.6 Å². The minimum Gasteiger partial charge on any atom is -0.365 e. The van der Waals surface area contributed by atoms with E-state index < -0.39 is 39.6 Å². The second-order valence-corrected chi connectivity index (χ2v) is 15.1. The smallest absolute Gasteiger partial charge is 0.276 e. The molecule has 0 saturated carbocycles. The SMILES string of the molecule is C[C@H]1Nc2ncnc3c2cc(N2CCS(=O)(=O)CC2)c(=O)n3CCCCCN2CCC(CC2)CCC(F)(F)c2cccc1c2F. The fourth-order valence-electron chi connectivity index (χ4n) is 6.92. The summed E-state index contributed by atoms with van der Waals surface area (Å²) >= 11 is 0. The maximum atomic E-state index is 15.8. The topological polar surface area (TPSA) is 100 Å². The number of alkyl halides is 2. The average molecular weight is 647 g/mol. The van der Waals surface area contributed by atoms with Gasteiger partial charge in [-0.2, -0.15) is 0 Å². The molecule has 1 N–H and O–H groups in total. The van der Waals surface area contributed by atoms with Crippen LogP contribution in [0.2, 0.25) is 0 Å². The number of aromatic nitrogens is 3. The zero-order valence-corrected chi connectivity index (χ0v) is 26.5. The Morgan fingerprint density at radius 2 is 1.69 bits per heavy atom. The molecule has 8 bridgehead atoms. The van der Waals surface area contributed by atoms with E-state index in [1.54, 1.807) is 22.5 Å². The highest BCUT2D eigenvalue weighted by atomic mass is 32.2. The van der Waals surface area contributed by atoms with Crippen LogP contribution in [0.4, 0.5) is 24.7 Å². The normalized spacial score (nSPS) is 25.9. The Kier molecular flexibility index (Phi) is 9.11. The highest BCUT2D eigenvalue weighted by Gasteiger charge is 2.37. The molecular formula is C32H41F3N6O3S. The number of fused-ring (bicyclic) bond motifs is 9. The maximum Gasteiger partial charge on any atom is 0.276 e. The largest absolute Gasteiger partial charge is 0.365 e. The molecule has 9 nitrogen and oxygen atoms in total. The lowest BCUT2D eigenvalue weighted by atomic mass is 9.88. The number of rotatable bonds is 1. The van der Waals surface area contributed by atoms with Crippen LogP contribution in [0.15, 0.2) is 35.4 Å². The van der Waals surface area contributed by atoms with Crippen molar-refractivity contribution in [2.75, 3.05) is 54.4 Å². The van der Waals surface area contributed by atoms with Crippen LogP contribution in [0, 0.1) is 11.7 Å². The van der Waals surface area contributed by atoms with Gasteiger partial charge >= 0.3 is 0 Å². The predicted octanol–water partition coefficient (Wildman–Crippen LogP) is 5.11. The Morgan fingerprint density at radius 3 is 2.44 bits per heavy atom. The van der Waals surface area contributed by atoms with Crippen molar-refractivity contribution in [1.29, 1.82) is 0 Å².